The number of methoxy groups -OCH3 is 1. The molecule has 0 aromatic heterocycles. The van der Waals surface area contributed by atoms with E-state index in [-0.39, 0.29) is 0 Å². The first-order valence-corrected chi connectivity index (χ1v) is 6.40. The average molecular weight is 265 g/mol. The average Bonchev–Trinajstić information content (AvgIpc) is 2.62. The normalized spacial score (nSPS) is 23.8. The van der Waals surface area contributed by atoms with Crippen molar-refractivity contribution in [2.75, 3.05) is 20.2 Å². The molecule has 2 rings (SSSR count). The van der Waals surface area contributed by atoms with Gasteiger partial charge in [0.05, 0.1) is 12.7 Å². The van der Waals surface area contributed by atoms with E-state index in [1.165, 1.54) is 4.90 Å². The smallest absolute Gasteiger partial charge is 0.407 e. The number of hydrogen-bond donors (Lipinski definition) is 2. The van der Waals surface area contributed by atoms with Gasteiger partial charge in [-0.3, -0.25) is 0 Å². The fourth-order valence-corrected chi connectivity index (χ4v) is 2.50. The molecule has 0 saturated carbocycles. The van der Waals surface area contributed by atoms with E-state index in [1.807, 2.05) is 24.3 Å². The second-order valence-electron chi connectivity index (χ2n) is 4.88. The Morgan fingerprint density at radius 2 is 1.95 bits per heavy atom. The molecule has 1 saturated heterocycles. The summed E-state index contributed by atoms with van der Waals surface area (Å²) in [5.74, 6) is 0.744. The van der Waals surface area contributed by atoms with Crippen molar-refractivity contribution < 1.29 is 19.7 Å². The Hall–Kier alpha value is -1.75. The number of carboxylic acid groups (broad SMARTS) is 1. The number of nitrogens with zero attached hydrogens (tertiary/aromatic N) is 1. The number of aliphatic hydroxyl groups is 1. The summed E-state index contributed by atoms with van der Waals surface area (Å²) in [5.41, 5.74) is -0.128. The van der Waals surface area contributed by atoms with Crippen molar-refractivity contribution >= 4 is 6.09 Å². The van der Waals surface area contributed by atoms with Crippen LogP contribution in [0.3, 0.4) is 0 Å². The fraction of sp³-hybridized carbons (Fsp3) is 0.500. The maximum absolute atomic E-state index is 11.0. The lowest BCUT2D eigenvalue weighted by Crippen LogP contribution is -2.32. The Balaban J connectivity index is 2.15. The summed E-state index contributed by atoms with van der Waals surface area (Å²) >= 11 is 0. The first-order valence-electron chi connectivity index (χ1n) is 6.40. The lowest BCUT2D eigenvalue weighted by molar-refractivity contribution is 0.0215. The third kappa shape index (κ3) is 2.98. The molecule has 1 aromatic carbocycles. The highest BCUT2D eigenvalue weighted by molar-refractivity contribution is 5.64. The van der Waals surface area contributed by atoms with Crippen LogP contribution in [0.4, 0.5) is 4.79 Å². The number of likely N-dealkylation sites (tertiary alicyclic amines) is 1. The Bertz CT molecular complexity index is 445. The van der Waals surface area contributed by atoms with Gasteiger partial charge in [-0.05, 0) is 37.0 Å². The summed E-state index contributed by atoms with van der Waals surface area (Å²) in [5, 5.41) is 19.7. The van der Waals surface area contributed by atoms with Crippen molar-refractivity contribution in [2.45, 2.75) is 24.9 Å². The van der Waals surface area contributed by atoms with Crippen LogP contribution in [0.5, 0.6) is 5.75 Å². The number of benzene rings is 1. The summed E-state index contributed by atoms with van der Waals surface area (Å²) in [6, 6.07) is 7.31. The van der Waals surface area contributed by atoms with Gasteiger partial charge in [-0.1, -0.05) is 12.1 Å². The van der Waals surface area contributed by atoms with Crippen molar-refractivity contribution in [3.8, 4) is 5.75 Å². The minimum Gasteiger partial charge on any atom is -0.497 e. The van der Waals surface area contributed by atoms with Gasteiger partial charge >= 0.3 is 6.09 Å². The molecule has 1 fully saturated rings. The molecule has 0 bridgehead atoms. The van der Waals surface area contributed by atoms with Crippen molar-refractivity contribution in [2.24, 2.45) is 0 Å². The number of ether oxygens (including phenoxy) is 1. The van der Waals surface area contributed by atoms with Gasteiger partial charge in [0.15, 0.2) is 0 Å². The van der Waals surface area contributed by atoms with E-state index < -0.39 is 11.7 Å². The third-order valence-corrected chi connectivity index (χ3v) is 3.71. The Morgan fingerprint density at radius 3 is 2.53 bits per heavy atom. The first-order chi connectivity index (χ1) is 9.05. The molecule has 0 radical (unpaired) electrons. The molecule has 5 nitrogen and oxygen atoms in total. The Labute approximate surface area is 112 Å². The molecule has 0 spiro atoms. The SMILES string of the molecule is COc1ccc(C2(O)CCCN(C(=O)O)CC2)cc1. The monoisotopic (exact) mass is 265 g/mol. The van der Waals surface area contributed by atoms with Crippen molar-refractivity contribution in [1.82, 2.24) is 4.90 Å². The van der Waals surface area contributed by atoms with Gasteiger partial charge in [0.25, 0.3) is 0 Å². The number of carbonyl (C=O) groups is 1. The molecule has 5 heteroatoms. The zero-order valence-electron chi connectivity index (χ0n) is 11.0. The summed E-state index contributed by atoms with van der Waals surface area (Å²) in [6.45, 7) is 0.839. The standard InChI is InChI=1S/C14H19NO4/c1-19-12-5-3-11(4-6-12)14(18)7-2-9-15(10-8-14)13(16)17/h3-6,18H,2,7-10H2,1H3,(H,16,17). The van der Waals surface area contributed by atoms with E-state index in [2.05, 4.69) is 0 Å². The van der Waals surface area contributed by atoms with E-state index >= 15 is 0 Å². The Morgan fingerprint density at radius 1 is 1.26 bits per heavy atom. The van der Waals surface area contributed by atoms with E-state index in [0.717, 1.165) is 11.3 Å². The van der Waals surface area contributed by atoms with Crippen LogP contribution in [0.2, 0.25) is 0 Å². The van der Waals surface area contributed by atoms with Gasteiger partial charge in [0, 0.05) is 13.1 Å². The molecule has 19 heavy (non-hydrogen) atoms. The van der Waals surface area contributed by atoms with Crippen molar-refractivity contribution in [3.63, 3.8) is 0 Å². The van der Waals surface area contributed by atoms with Crippen LogP contribution in [-0.4, -0.2) is 41.4 Å². The molecule has 0 aliphatic carbocycles. The second kappa shape index (κ2) is 5.48. The molecule has 1 unspecified atom stereocenters. The van der Waals surface area contributed by atoms with E-state index in [0.29, 0.717) is 32.4 Å². The summed E-state index contributed by atoms with van der Waals surface area (Å²) < 4.78 is 5.10. The molecule has 1 aromatic rings. The summed E-state index contributed by atoms with van der Waals surface area (Å²) in [4.78, 5) is 12.3. The van der Waals surface area contributed by atoms with Gasteiger partial charge < -0.3 is 19.8 Å². The van der Waals surface area contributed by atoms with Crippen LogP contribution in [-0.2, 0) is 5.60 Å². The quantitative estimate of drug-likeness (QED) is 0.858. The minimum absolute atomic E-state index is 0.359. The van der Waals surface area contributed by atoms with E-state index in [9.17, 15) is 9.90 Å². The molecular weight excluding hydrogens is 246 g/mol. The van der Waals surface area contributed by atoms with Crippen LogP contribution in [0, 0.1) is 0 Å². The third-order valence-electron chi connectivity index (χ3n) is 3.71. The maximum atomic E-state index is 11.0. The van der Waals surface area contributed by atoms with E-state index in [1.54, 1.807) is 7.11 Å². The van der Waals surface area contributed by atoms with Crippen LogP contribution in [0.25, 0.3) is 0 Å². The zero-order chi connectivity index (χ0) is 13.9. The van der Waals surface area contributed by atoms with Gasteiger partial charge in [0.1, 0.15) is 5.75 Å². The van der Waals surface area contributed by atoms with Gasteiger partial charge in [-0.15, -0.1) is 0 Å². The van der Waals surface area contributed by atoms with E-state index in [4.69, 9.17) is 9.84 Å². The molecular formula is C14H19NO4. The van der Waals surface area contributed by atoms with Crippen LogP contribution in [0.15, 0.2) is 24.3 Å². The lowest BCUT2D eigenvalue weighted by atomic mass is 9.87. The van der Waals surface area contributed by atoms with Crippen LogP contribution in [0.1, 0.15) is 24.8 Å². The number of rotatable bonds is 2. The highest BCUT2D eigenvalue weighted by Crippen LogP contribution is 2.33. The molecule has 1 heterocycles. The molecule has 104 valence electrons. The van der Waals surface area contributed by atoms with Gasteiger partial charge in [-0.2, -0.15) is 0 Å². The minimum atomic E-state index is -0.948. The molecule has 1 atom stereocenters. The van der Waals surface area contributed by atoms with Crippen molar-refractivity contribution in [3.05, 3.63) is 29.8 Å². The lowest BCUT2D eigenvalue weighted by Gasteiger charge is -2.27. The van der Waals surface area contributed by atoms with Crippen LogP contribution < -0.4 is 4.74 Å². The number of hydrogen-bond acceptors (Lipinski definition) is 3. The molecule has 1 amide bonds. The molecule has 1 aliphatic heterocycles. The van der Waals surface area contributed by atoms with Crippen LogP contribution >= 0.6 is 0 Å². The summed E-state index contributed by atoms with van der Waals surface area (Å²) in [6.07, 6.45) is 0.739. The molecule has 2 N–H and O–H groups in total. The highest BCUT2D eigenvalue weighted by Gasteiger charge is 2.33. The van der Waals surface area contributed by atoms with Gasteiger partial charge in [0.2, 0.25) is 0 Å². The highest BCUT2D eigenvalue weighted by atomic mass is 16.5. The summed E-state index contributed by atoms with van der Waals surface area (Å²) in [7, 11) is 1.60. The largest absolute Gasteiger partial charge is 0.497 e. The predicted octanol–water partition coefficient (Wildman–Crippen LogP) is 2.05. The zero-order valence-corrected chi connectivity index (χ0v) is 11.0. The van der Waals surface area contributed by atoms with Gasteiger partial charge in [-0.25, -0.2) is 4.79 Å². The Kier molecular flexibility index (Phi) is 3.95. The predicted molar refractivity (Wildman–Crippen MR) is 70.3 cm³/mol. The van der Waals surface area contributed by atoms with Crippen molar-refractivity contribution in [1.29, 1.82) is 0 Å². The first kappa shape index (κ1) is 13.7. The second-order valence-corrected chi connectivity index (χ2v) is 4.88. The topological polar surface area (TPSA) is 70.0 Å². The molecule has 1 aliphatic rings. The number of amides is 1. The maximum Gasteiger partial charge on any atom is 0.407 e. The fourth-order valence-electron chi connectivity index (χ4n) is 2.50.